The molecule has 1 unspecified atom stereocenters. The summed E-state index contributed by atoms with van der Waals surface area (Å²) >= 11 is 0. The van der Waals surface area contributed by atoms with E-state index >= 15 is 0 Å². The van der Waals surface area contributed by atoms with Crippen LogP contribution in [0.4, 0.5) is 5.82 Å². The zero-order valence-electron chi connectivity index (χ0n) is 14.8. The van der Waals surface area contributed by atoms with E-state index in [1.54, 1.807) is 0 Å². The van der Waals surface area contributed by atoms with Gasteiger partial charge in [-0.25, -0.2) is 4.98 Å². The van der Waals surface area contributed by atoms with Crippen LogP contribution in [0.25, 0.3) is 0 Å². The second kappa shape index (κ2) is 8.01. The molecule has 0 aliphatic carbocycles. The lowest BCUT2D eigenvalue weighted by Crippen LogP contribution is -2.49. The molecule has 0 N–H and O–H groups in total. The second-order valence-electron chi connectivity index (χ2n) is 6.43. The molecule has 0 radical (unpaired) electrons. The Morgan fingerprint density at radius 3 is 2.48 bits per heavy atom. The molecule has 2 aromatic rings. The predicted octanol–water partition coefficient (Wildman–Crippen LogP) is 2.98. The van der Waals surface area contributed by atoms with Gasteiger partial charge < -0.3 is 14.5 Å². The number of pyridine rings is 1. The van der Waals surface area contributed by atoms with Gasteiger partial charge in [0.1, 0.15) is 11.6 Å². The highest BCUT2D eigenvalue weighted by molar-refractivity contribution is 5.81. The Morgan fingerprint density at radius 1 is 1.16 bits per heavy atom. The molecule has 1 aromatic heterocycles. The SMILES string of the molecule is CC(Oc1ccccc1)C(=O)N1CCC(N(C)c2ccccn2)CC1. The highest BCUT2D eigenvalue weighted by Gasteiger charge is 2.28. The number of benzene rings is 1. The third kappa shape index (κ3) is 4.29. The molecule has 0 saturated carbocycles. The van der Waals surface area contributed by atoms with Crippen molar-refractivity contribution >= 4 is 11.7 Å². The van der Waals surface area contributed by atoms with Gasteiger partial charge in [-0.05, 0) is 44.0 Å². The normalized spacial score (nSPS) is 16.3. The van der Waals surface area contributed by atoms with Gasteiger partial charge in [0.05, 0.1) is 0 Å². The lowest BCUT2D eigenvalue weighted by Gasteiger charge is -2.38. The van der Waals surface area contributed by atoms with Gasteiger partial charge in [-0.2, -0.15) is 0 Å². The predicted molar refractivity (Wildman–Crippen MR) is 98.8 cm³/mol. The van der Waals surface area contributed by atoms with E-state index in [2.05, 4.69) is 16.9 Å². The monoisotopic (exact) mass is 339 g/mol. The van der Waals surface area contributed by atoms with Gasteiger partial charge in [0.15, 0.2) is 6.10 Å². The number of aromatic nitrogens is 1. The summed E-state index contributed by atoms with van der Waals surface area (Å²) < 4.78 is 5.76. The molecule has 132 valence electrons. The van der Waals surface area contributed by atoms with Crippen LogP contribution in [-0.4, -0.2) is 48.1 Å². The molecule has 2 heterocycles. The maximum absolute atomic E-state index is 12.6. The lowest BCUT2D eigenvalue weighted by molar-refractivity contribution is -0.139. The molecule has 1 aliphatic heterocycles. The number of hydrogen-bond acceptors (Lipinski definition) is 4. The fourth-order valence-corrected chi connectivity index (χ4v) is 3.23. The molecule has 5 nitrogen and oxygen atoms in total. The number of carbonyl (C=O) groups excluding carboxylic acids is 1. The van der Waals surface area contributed by atoms with E-state index in [-0.39, 0.29) is 5.91 Å². The maximum Gasteiger partial charge on any atom is 0.263 e. The van der Waals surface area contributed by atoms with E-state index in [0.717, 1.165) is 37.5 Å². The van der Waals surface area contributed by atoms with Crippen LogP contribution in [0.2, 0.25) is 0 Å². The molecule has 1 amide bonds. The van der Waals surface area contributed by atoms with Crippen LogP contribution in [0, 0.1) is 0 Å². The highest BCUT2D eigenvalue weighted by atomic mass is 16.5. The van der Waals surface area contributed by atoms with Gasteiger partial charge in [-0.3, -0.25) is 4.79 Å². The summed E-state index contributed by atoms with van der Waals surface area (Å²) in [6.45, 7) is 3.33. The minimum Gasteiger partial charge on any atom is -0.481 e. The molecule has 1 aromatic carbocycles. The van der Waals surface area contributed by atoms with E-state index in [1.165, 1.54) is 0 Å². The number of anilines is 1. The van der Waals surface area contributed by atoms with E-state index in [1.807, 2.05) is 66.6 Å². The third-order valence-corrected chi connectivity index (χ3v) is 4.74. The van der Waals surface area contributed by atoms with Crippen LogP contribution < -0.4 is 9.64 Å². The molecule has 25 heavy (non-hydrogen) atoms. The zero-order chi connectivity index (χ0) is 17.6. The Hall–Kier alpha value is -2.56. The summed E-state index contributed by atoms with van der Waals surface area (Å²) in [6.07, 6.45) is 3.23. The lowest BCUT2D eigenvalue weighted by atomic mass is 10.0. The van der Waals surface area contributed by atoms with Gasteiger partial charge in [0.2, 0.25) is 0 Å². The first-order chi connectivity index (χ1) is 12.1. The van der Waals surface area contributed by atoms with Crippen LogP contribution in [0.1, 0.15) is 19.8 Å². The van der Waals surface area contributed by atoms with Crippen LogP contribution in [0.3, 0.4) is 0 Å². The molecule has 5 heteroatoms. The van der Waals surface area contributed by atoms with Gasteiger partial charge in [-0.15, -0.1) is 0 Å². The van der Waals surface area contributed by atoms with E-state index in [4.69, 9.17) is 4.74 Å². The molecule has 1 saturated heterocycles. The number of rotatable bonds is 5. The van der Waals surface area contributed by atoms with Gasteiger partial charge in [-0.1, -0.05) is 24.3 Å². The fourth-order valence-electron chi connectivity index (χ4n) is 3.23. The quantitative estimate of drug-likeness (QED) is 0.840. The molecule has 0 spiro atoms. The molecule has 1 atom stereocenters. The first-order valence-corrected chi connectivity index (χ1v) is 8.79. The summed E-state index contributed by atoms with van der Waals surface area (Å²) in [7, 11) is 2.08. The van der Waals surface area contributed by atoms with Crippen molar-refractivity contribution in [2.45, 2.75) is 31.9 Å². The molecular formula is C20H25N3O2. The van der Waals surface area contributed by atoms with Crippen LogP contribution >= 0.6 is 0 Å². The van der Waals surface area contributed by atoms with Crippen molar-refractivity contribution in [1.82, 2.24) is 9.88 Å². The molecule has 0 bridgehead atoms. The topological polar surface area (TPSA) is 45.7 Å². The Labute approximate surface area is 149 Å². The van der Waals surface area contributed by atoms with Crippen molar-refractivity contribution in [3.8, 4) is 5.75 Å². The fraction of sp³-hybridized carbons (Fsp3) is 0.400. The van der Waals surface area contributed by atoms with Crippen molar-refractivity contribution in [2.75, 3.05) is 25.0 Å². The number of likely N-dealkylation sites (tertiary alicyclic amines) is 1. The number of carbonyl (C=O) groups is 1. The van der Waals surface area contributed by atoms with Crippen molar-refractivity contribution in [1.29, 1.82) is 0 Å². The number of nitrogens with zero attached hydrogens (tertiary/aromatic N) is 3. The molecule has 1 aliphatic rings. The standard InChI is InChI=1S/C20H25N3O2/c1-16(25-18-8-4-3-5-9-18)20(24)23-14-11-17(12-15-23)22(2)19-10-6-7-13-21-19/h3-10,13,16-17H,11-12,14-15H2,1-2H3. The maximum atomic E-state index is 12.6. The molecular weight excluding hydrogens is 314 g/mol. The Kier molecular flexibility index (Phi) is 5.53. The second-order valence-corrected chi connectivity index (χ2v) is 6.43. The average Bonchev–Trinajstić information content (AvgIpc) is 2.68. The van der Waals surface area contributed by atoms with E-state index in [9.17, 15) is 4.79 Å². The van der Waals surface area contributed by atoms with Crippen LogP contribution in [0.15, 0.2) is 54.7 Å². The summed E-state index contributed by atoms with van der Waals surface area (Å²) in [5.41, 5.74) is 0. The summed E-state index contributed by atoms with van der Waals surface area (Å²) in [5, 5.41) is 0. The van der Waals surface area contributed by atoms with Gasteiger partial charge in [0.25, 0.3) is 5.91 Å². The van der Waals surface area contributed by atoms with Crippen LogP contribution in [-0.2, 0) is 4.79 Å². The van der Waals surface area contributed by atoms with Crippen molar-refractivity contribution < 1.29 is 9.53 Å². The van der Waals surface area contributed by atoms with Crippen molar-refractivity contribution in [3.05, 3.63) is 54.7 Å². The number of ether oxygens (including phenoxy) is 1. The molecule has 3 rings (SSSR count). The number of amides is 1. The van der Waals surface area contributed by atoms with E-state index < -0.39 is 6.10 Å². The van der Waals surface area contributed by atoms with Gasteiger partial charge in [0, 0.05) is 32.4 Å². The minimum atomic E-state index is -0.465. The number of hydrogen-bond donors (Lipinski definition) is 0. The zero-order valence-corrected chi connectivity index (χ0v) is 14.8. The number of para-hydroxylation sites is 1. The number of piperidine rings is 1. The van der Waals surface area contributed by atoms with E-state index in [0.29, 0.717) is 6.04 Å². The summed E-state index contributed by atoms with van der Waals surface area (Å²) in [5.74, 6) is 1.77. The van der Waals surface area contributed by atoms with Gasteiger partial charge >= 0.3 is 0 Å². The highest BCUT2D eigenvalue weighted by Crippen LogP contribution is 2.21. The van der Waals surface area contributed by atoms with Crippen molar-refractivity contribution in [2.24, 2.45) is 0 Å². The Balaban J connectivity index is 1.52. The van der Waals surface area contributed by atoms with Crippen molar-refractivity contribution in [3.63, 3.8) is 0 Å². The first kappa shape index (κ1) is 17.3. The average molecular weight is 339 g/mol. The Bertz CT molecular complexity index is 670. The minimum absolute atomic E-state index is 0.0581. The molecule has 1 fully saturated rings. The largest absolute Gasteiger partial charge is 0.481 e. The first-order valence-electron chi connectivity index (χ1n) is 8.79. The third-order valence-electron chi connectivity index (χ3n) is 4.74. The smallest absolute Gasteiger partial charge is 0.263 e. The summed E-state index contributed by atoms with van der Waals surface area (Å²) in [6, 6.07) is 15.8. The Morgan fingerprint density at radius 2 is 1.84 bits per heavy atom. The summed E-state index contributed by atoms with van der Waals surface area (Å²) in [4.78, 5) is 21.2. The van der Waals surface area contributed by atoms with Crippen LogP contribution in [0.5, 0.6) is 5.75 Å².